The van der Waals surface area contributed by atoms with Gasteiger partial charge in [-0.15, -0.1) is 0 Å². The molecule has 2 aromatic rings. The van der Waals surface area contributed by atoms with Gasteiger partial charge in [0.1, 0.15) is 6.04 Å². The average molecular weight is 509 g/mol. The standard InChI is InChI=1S/C26H34Cl2N2O4/c1-6-22(26(32)29-15-17(2)3)30(16-19-20(27)8-7-9-21(19)28)25(31)13-11-18-10-12-23(33-4)24(14-18)34-5/h7-10,12,14,17,22H,6,11,13,15-16H2,1-5H3,(H,29,32)/t22-/m1/s1. The largest absolute Gasteiger partial charge is 0.493 e. The zero-order chi connectivity index (χ0) is 25.3. The lowest BCUT2D eigenvalue weighted by molar-refractivity contribution is -0.141. The van der Waals surface area contributed by atoms with E-state index in [0.29, 0.717) is 52.4 Å². The van der Waals surface area contributed by atoms with Crippen molar-refractivity contribution < 1.29 is 19.1 Å². The topological polar surface area (TPSA) is 67.9 Å². The second-order valence-corrected chi connectivity index (χ2v) is 9.29. The summed E-state index contributed by atoms with van der Waals surface area (Å²) in [5.41, 5.74) is 1.56. The van der Waals surface area contributed by atoms with Crippen LogP contribution in [0.3, 0.4) is 0 Å². The number of amides is 2. The quantitative estimate of drug-likeness (QED) is 0.409. The van der Waals surface area contributed by atoms with Crippen LogP contribution in [0.5, 0.6) is 11.5 Å². The summed E-state index contributed by atoms with van der Waals surface area (Å²) in [5.74, 6) is 1.19. The molecule has 1 N–H and O–H groups in total. The third-order valence-electron chi connectivity index (χ3n) is 5.54. The zero-order valence-corrected chi connectivity index (χ0v) is 22.0. The lowest BCUT2D eigenvalue weighted by Gasteiger charge is -2.31. The van der Waals surface area contributed by atoms with Crippen LogP contribution in [0.15, 0.2) is 36.4 Å². The summed E-state index contributed by atoms with van der Waals surface area (Å²) in [6.07, 6.45) is 1.16. The van der Waals surface area contributed by atoms with Crippen molar-refractivity contribution in [3.05, 3.63) is 57.6 Å². The van der Waals surface area contributed by atoms with E-state index in [1.54, 1.807) is 37.3 Å². The van der Waals surface area contributed by atoms with Crippen molar-refractivity contribution >= 4 is 35.0 Å². The van der Waals surface area contributed by atoms with Crippen LogP contribution in [0.2, 0.25) is 10.0 Å². The van der Waals surface area contributed by atoms with E-state index in [9.17, 15) is 9.59 Å². The molecule has 0 aliphatic rings. The van der Waals surface area contributed by atoms with Gasteiger partial charge in [0.15, 0.2) is 11.5 Å². The molecule has 0 saturated carbocycles. The van der Waals surface area contributed by atoms with E-state index >= 15 is 0 Å². The van der Waals surface area contributed by atoms with Gasteiger partial charge in [0, 0.05) is 35.1 Å². The van der Waals surface area contributed by atoms with Gasteiger partial charge < -0.3 is 19.7 Å². The van der Waals surface area contributed by atoms with Crippen molar-refractivity contribution in [2.75, 3.05) is 20.8 Å². The van der Waals surface area contributed by atoms with Crippen LogP contribution in [0.25, 0.3) is 0 Å². The molecule has 6 nitrogen and oxygen atoms in total. The van der Waals surface area contributed by atoms with Gasteiger partial charge in [-0.05, 0) is 48.6 Å². The molecule has 1 atom stereocenters. The molecule has 0 bridgehead atoms. The van der Waals surface area contributed by atoms with E-state index in [1.807, 2.05) is 39.0 Å². The number of hydrogen-bond acceptors (Lipinski definition) is 4. The molecule has 0 aromatic heterocycles. The van der Waals surface area contributed by atoms with E-state index in [0.717, 1.165) is 5.56 Å². The second kappa shape index (κ2) is 13.4. The highest BCUT2D eigenvalue weighted by Gasteiger charge is 2.29. The number of ether oxygens (including phenoxy) is 2. The summed E-state index contributed by atoms with van der Waals surface area (Å²) in [6.45, 7) is 6.63. The van der Waals surface area contributed by atoms with Crippen molar-refractivity contribution in [1.29, 1.82) is 0 Å². The third kappa shape index (κ3) is 7.54. The average Bonchev–Trinajstić information content (AvgIpc) is 2.82. The Kier molecular flexibility index (Phi) is 11.0. The molecule has 34 heavy (non-hydrogen) atoms. The van der Waals surface area contributed by atoms with Crippen LogP contribution in [-0.4, -0.2) is 43.5 Å². The van der Waals surface area contributed by atoms with Crippen LogP contribution < -0.4 is 14.8 Å². The molecule has 0 fully saturated rings. The van der Waals surface area contributed by atoms with Crippen LogP contribution in [0, 0.1) is 5.92 Å². The fraction of sp³-hybridized carbons (Fsp3) is 0.462. The molecule has 0 spiro atoms. The van der Waals surface area contributed by atoms with Crippen molar-refractivity contribution in [3.63, 3.8) is 0 Å². The van der Waals surface area contributed by atoms with E-state index in [-0.39, 0.29) is 24.8 Å². The van der Waals surface area contributed by atoms with Crippen LogP contribution >= 0.6 is 23.2 Å². The molecule has 8 heteroatoms. The number of aryl methyl sites for hydroxylation is 1. The third-order valence-corrected chi connectivity index (χ3v) is 6.24. The van der Waals surface area contributed by atoms with Gasteiger partial charge in [0.25, 0.3) is 0 Å². The lowest BCUT2D eigenvalue weighted by Crippen LogP contribution is -2.49. The molecule has 0 unspecified atom stereocenters. The van der Waals surface area contributed by atoms with E-state index in [1.165, 1.54) is 0 Å². The number of halogens is 2. The van der Waals surface area contributed by atoms with Crippen LogP contribution in [-0.2, 0) is 22.6 Å². The maximum absolute atomic E-state index is 13.5. The Morgan fingerprint density at radius 2 is 1.68 bits per heavy atom. The molecule has 0 aliphatic carbocycles. The summed E-state index contributed by atoms with van der Waals surface area (Å²) in [4.78, 5) is 28.1. The summed E-state index contributed by atoms with van der Waals surface area (Å²) in [5, 5.41) is 3.88. The lowest BCUT2D eigenvalue weighted by atomic mass is 10.1. The zero-order valence-electron chi connectivity index (χ0n) is 20.5. The summed E-state index contributed by atoms with van der Waals surface area (Å²) < 4.78 is 10.7. The van der Waals surface area contributed by atoms with Crippen LogP contribution in [0.1, 0.15) is 44.7 Å². The summed E-state index contributed by atoms with van der Waals surface area (Å²) >= 11 is 12.8. The minimum absolute atomic E-state index is 0.150. The second-order valence-electron chi connectivity index (χ2n) is 8.47. The SMILES string of the molecule is CC[C@H](C(=O)NCC(C)C)N(Cc1c(Cl)cccc1Cl)C(=O)CCc1ccc(OC)c(OC)c1. The maximum atomic E-state index is 13.5. The summed E-state index contributed by atoms with van der Waals surface area (Å²) in [6, 6.07) is 10.1. The Morgan fingerprint density at radius 3 is 2.24 bits per heavy atom. The van der Waals surface area contributed by atoms with E-state index in [2.05, 4.69) is 5.32 Å². The smallest absolute Gasteiger partial charge is 0.242 e. The molecule has 2 amide bonds. The number of carbonyl (C=O) groups excluding carboxylic acids is 2. The number of benzene rings is 2. The molecule has 0 heterocycles. The summed E-state index contributed by atoms with van der Waals surface area (Å²) in [7, 11) is 3.15. The molecule has 2 rings (SSSR count). The molecule has 0 saturated heterocycles. The Morgan fingerprint density at radius 1 is 1.03 bits per heavy atom. The van der Waals surface area contributed by atoms with Gasteiger partial charge in [-0.2, -0.15) is 0 Å². The maximum Gasteiger partial charge on any atom is 0.242 e. The molecular weight excluding hydrogens is 475 g/mol. The number of nitrogens with zero attached hydrogens (tertiary/aromatic N) is 1. The minimum Gasteiger partial charge on any atom is -0.493 e. The Labute approximate surface area is 212 Å². The van der Waals surface area contributed by atoms with Crippen molar-refractivity contribution in [2.24, 2.45) is 5.92 Å². The predicted octanol–water partition coefficient (Wildman–Crippen LogP) is 5.52. The first-order valence-electron chi connectivity index (χ1n) is 11.4. The van der Waals surface area contributed by atoms with Gasteiger partial charge in [-0.1, -0.05) is 56.1 Å². The molecule has 0 radical (unpaired) electrons. The Balaban J connectivity index is 2.28. The van der Waals surface area contributed by atoms with E-state index in [4.69, 9.17) is 32.7 Å². The monoisotopic (exact) mass is 508 g/mol. The number of nitrogens with one attached hydrogen (secondary N) is 1. The number of methoxy groups -OCH3 is 2. The van der Waals surface area contributed by atoms with Crippen LogP contribution in [0.4, 0.5) is 0 Å². The van der Waals surface area contributed by atoms with Gasteiger partial charge in [0.05, 0.1) is 14.2 Å². The van der Waals surface area contributed by atoms with Gasteiger partial charge in [-0.3, -0.25) is 9.59 Å². The van der Waals surface area contributed by atoms with Gasteiger partial charge in [-0.25, -0.2) is 0 Å². The number of carbonyl (C=O) groups is 2. The Hall–Kier alpha value is -2.44. The normalized spacial score (nSPS) is 11.8. The van der Waals surface area contributed by atoms with E-state index < -0.39 is 6.04 Å². The fourth-order valence-corrected chi connectivity index (χ4v) is 4.14. The fourth-order valence-electron chi connectivity index (χ4n) is 3.63. The minimum atomic E-state index is -0.635. The molecule has 2 aromatic carbocycles. The number of rotatable bonds is 12. The molecule has 0 aliphatic heterocycles. The predicted molar refractivity (Wildman–Crippen MR) is 137 cm³/mol. The number of hydrogen-bond donors (Lipinski definition) is 1. The highest BCUT2D eigenvalue weighted by atomic mass is 35.5. The van der Waals surface area contributed by atoms with Crippen molar-refractivity contribution in [3.8, 4) is 11.5 Å². The molecule has 186 valence electrons. The highest BCUT2D eigenvalue weighted by Crippen LogP contribution is 2.29. The van der Waals surface area contributed by atoms with Gasteiger partial charge in [0.2, 0.25) is 11.8 Å². The first kappa shape index (κ1) is 27.8. The van der Waals surface area contributed by atoms with Gasteiger partial charge >= 0.3 is 0 Å². The van der Waals surface area contributed by atoms with Crippen molar-refractivity contribution in [2.45, 2.75) is 52.6 Å². The molecular formula is C26H34Cl2N2O4. The highest BCUT2D eigenvalue weighted by molar-refractivity contribution is 6.36. The first-order chi connectivity index (χ1) is 16.2. The van der Waals surface area contributed by atoms with Crippen molar-refractivity contribution in [1.82, 2.24) is 10.2 Å². The Bertz CT molecular complexity index is 961. The first-order valence-corrected chi connectivity index (χ1v) is 12.2.